The van der Waals surface area contributed by atoms with Crippen molar-refractivity contribution in [1.82, 2.24) is 9.71 Å². The number of benzene rings is 1. The first-order valence-electron chi connectivity index (χ1n) is 14.3. The van der Waals surface area contributed by atoms with Gasteiger partial charge >= 0.3 is 0 Å². The molecular formula is C32H43ClN2O6S. The van der Waals surface area contributed by atoms with Gasteiger partial charge in [-0.2, -0.15) is 0 Å². The molecule has 2 N–H and O–H groups in total. The van der Waals surface area contributed by atoms with Gasteiger partial charge in [0.2, 0.25) is 0 Å². The Morgan fingerprint density at radius 1 is 1.17 bits per heavy atom. The summed E-state index contributed by atoms with van der Waals surface area (Å²) in [6.45, 7) is 16.2. The number of nitrogens with zero attached hydrogens (tertiary/aromatic N) is 1. The number of hydrogen-bond donors (Lipinski definition) is 2. The Bertz CT molecular complexity index is 1410. The first kappa shape index (κ1) is 32.6. The van der Waals surface area contributed by atoms with Gasteiger partial charge in [0.25, 0.3) is 0 Å². The zero-order valence-corrected chi connectivity index (χ0v) is 27.4. The molecule has 0 radical (unpaired) electrons. The van der Waals surface area contributed by atoms with Crippen LogP contribution in [-0.4, -0.2) is 50.3 Å². The predicted octanol–water partition coefficient (Wildman–Crippen LogP) is 6.03. The number of halogens is 1. The van der Waals surface area contributed by atoms with E-state index < -0.39 is 26.9 Å². The number of nitrogens with one attached hydrogen (secondary N) is 1. The SMILES string of the molecule is CC(C)(C)OCCOc1cc(C(=O)CC[C@@](C)(O)c2cc3c(c(Cl)n2)OC[C@@]3(C)NS(=O)C(C)(C)C)cc2c1CC=C2. The smallest absolute Gasteiger partial charge is 0.171 e. The van der Waals surface area contributed by atoms with Crippen molar-refractivity contribution in [3.63, 3.8) is 0 Å². The lowest BCUT2D eigenvalue weighted by Gasteiger charge is -2.30. The van der Waals surface area contributed by atoms with Crippen LogP contribution in [0.25, 0.3) is 6.08 Å². The molecule has 2 aliphatic rings. The van der Waals surface area contributed by atoms with Crippen molar-refractivity contribution in [2.45, 2.75) is 96.1 Å². The fraction of sp³-hybridized carbons (Fsp3) is 0.562. The van der Waals surface area contributed by atoms with Crippen LogP contribution in [0, 0.1) is 0 Å². The van der Waals surface area contributed by atoms with E-state index in [-0.39, 0.29) is 36.0 Å². The van der Waals surface area contributed by atoms with Crippen LogP contribution in [0.15, 0.2) is 24.3 Å². The second-order valence-corrected chi connectivity index (χ2v) is 15.8. The van der Waals surface area contributed by atoms with Gasteiger partial charge in [0.05, 0.1) is 39.2 Å². The van der Waals surface area contributed by atoms with Gasteiger partial charge in [-0.15, -0.1) is 0 Å². The fourth-order valence-electron chi connectivity index (χ4n) is 4.82. The van der Waals surface area contributed by atoms with Crippen LogP contribution in [0.1, 0.15) is 101 Å². The van der Waals surface area contributed by atoms with Crippen molar-refractivity contribution in [3.8, 4) is 11.5 Å². The molecule has 1 aliphatic heterocycles. The highest BCUT2D eigenvalue weighted by Gasteiger charge is 2.43. The molecule has 0 spiro atoms. The lowest BCUT2D eigenvalue weighted by molar-refractivity contribution is -0.0163. The number of hydrogen-bond acceptors (Lipinski definition) is 7. The van der Waals surface area contributed by atoms with Crippen molar-refractivity contribution in [1.29, 1.82) is 0 Å². The Morgan fingerprint density at radius 2 is 1.88 bits per heavy atom. The Kier molecular flexibility index (Phi) is 9.32. The largest absolute Gasteiger partial charge is 0.491 e. The Morgan fingerprint density at radius 3 is 2.55 bits per heavy atom. The molecular weight excluding hydrogens is 576 g/mol. The number of allylic oxidation sites excluding steroid dienone is 1. The second-order valence-electron chi connectivity index (χ2n) is 13.4. The topological polar surface area (TPSA) is 107 Å². The van der Waals surface area contributed by atoms with E-state index in [2.05, 4.69) is 15.8 Å². The van der Waals surface area contributed by atoms with Crippen LogP contribution >= 0.6 is 11.6 Å². The molecule has 0 saturated heterocycles. The van der Waals surface area contributed by atoms with E-state index in [0.717, 1.165) is 17.5 Å². The molecule has 8 nitrogen and oxygen atoms in total. The number of fused-ring (bicyclic) bond motifs is 2. The van der Waals surface area contributed by atoms with Gasteiger partial charge in [-0.05, 0) is 92.0 Å². The normalized spacial score (nSPS) is 20.0. The molecule has 10 heteroatoms. The van der Waals surface area contributed by atoms with Gasteiger partial charge in [0.15, 0.2) is 16.7 Å². The van der Waals surface area contributed by atoms with E-state index in [1.165, 1.54) is 0 Å². The van der Waals surface area contributed by atoms with E-state index >= 15 is 0 Å². The summed E-state index contributed by atoms with van der Waals surface area (Å²) < 4.78 is 33.2. The average Bonchev–Trinajstić information content (AvgIpc) is 3.49. The quantitative estimate of drug-likeness (QED) is 0.180. The molecule has 230 valence electrons. The standard InChI is InChI=1S/C32H43ClN2O6S/c1-29(2,3)41-15-14-39-25-17-21(16-20-10-9-11-22(20)25)24(36)12-13-32(8,37)26-18-23-27(28(33)34-26)40-19-31(23,7)35-42(38)30(4,5)6/h9-10,16-18,35,37H,11-15,19H2,1-8H3/t31-,32-,42?/m1/s1. The van der Waals surface area contributed by atoms with Gasteiger partial charge in [-0.25, -0.2) is 13.9 Å². The monoisotopic (exact) mass is 618 g/mol. The van der Waals surface area contributed by atoms with Crippen LogP contribution in [0.3, 0.4) is 0 Å². The Balaban J connectivity index is 1.50. The van der Waals surface area contributed by atoms with Gasteiger partial charge < -0.3 is 19.3 Å². The highest BCUT2D eigenvalue weighted by atomic mass is 35.5. The maximum absolute atomic E-state index is 13.4. The van der Waals surface area contributed by atoms with Crippen molar-refractivity contribution in [3.05, 3.63) is 57.4 Å². The summed E-state index contributed by atoms with van der Waals surface area (Å²) in [7, 11) is -1.37. The van der Waals surface area contributed by atoms with Crippen LogP contribution in [0.4, 0.5) is 0 Å². The summed E-state index contributed by atoms with van der Waals surface area (Å²) in [5.41, 5.74) is 1.02. The summed E-state index contributed by atoms with van der Waals surface area (Å²) in [4.78, 5) is 17.8. The average molecular weight is 619 g/mol. The van der Waals surface area contributed by atoms with E-state index in [4.69, 9.17) is 25.8 Å². The maximum atomic E-state index is 13.4. The summed E-state index contributed by atoms with van der Waals surface area (Å²) in [5.74, 6) is 0.966. The number of ether oxygens (including phenoxy) is 3. The minimum absolute atomic E-state index is 0.0819. The van der Waals surface area contributed by atoms with Crippen molar-refractivity contribution < 1.29 is 28.3 Å². The number of Topliss-reactive ketones (excluding diaryl/α,β-unsaturated/α-hetero) is 1. The first-order valence-corrected chi connectivity index (χ1v) is 15.8. The number of carbonyl (C=O) groups is 1. The number of pyridine rings is 1. The van der Waals surface area contributed by atoms with E-state index in [9.17, 15) is 14.1 Å². The summed E-state index contributed by atoms with van der Waals surface area (Å²) in [6.07, 6.45) is 5.00. The third-order valence-corrected chi connectivity index (χ3v) is 9.36. The Labute approximate surface area is 256 Å². The molecule has 2 heterocycles. The van der Waals surface area contributed by atoms with Crippen molar-refractivity contribution in [2.24, 2.45) is 0 Å². The molecule has 3 atom stereocenters. The van der Waals surface area contributed by atoms with Crippen LogP contribution in [-0.2, 0) is 33.3 Å². The molecule has 1 aliphatic carbocycles. The van der Waals surface area contributed by atoms with Gasteiger partial charge in [-0.3, -0.25) is 4.79 Å². The first-order chi connectivity index (χ1) is 19.4. The summed E-state index contributed by atoms with van der Waals surface area (Å²) in [6, 6.07) is 5.40. The molecule has 0 bridgehead atoms. The second kappa shape index (κ2) is 12.0. The minimum Gasteiger partial charge on any atom is -0.491 e. The van der Waals surface area contributed by atoms with Crippen LogP contribution in [0.2, 0.25) is 5.15 Å². The molecule has 0 fully saturated rings. The molecule has 0 amide bonds. The van der Waals surface area contributed by atoms with Gasteiger partial charge in [0, 0.05) is 23.1 Å². The molecule has 2 aromatic rings. The van der Waals surface area contributed by atoms with Crippen molar-refractivity contribution in [2.75, 3.05) is 19.8 Å². The summed E-state index contributed by atoms with van der Waals surface area (Å²) in [5, 5.41) is 11.6. The van der Waals surface area contributed by atoms with E-state index in [1.54, 1.807) is 19.1 Å². The molecule has 42 heavy (non-hydrogen) atoms. The fourth-order valence-corrected chi connectivity index (χ4v) is 5.95. The number of rotatable bonds is 11. The maximum Gasteiger partial charge on any atom is 0.171 e. The minimum atomic E-state index is -1.46. The zero-order chi connectivity index (χ0) is 31.1. The molecule has 1 unspecified atom stereocenters. The van der Waals surface area contributed by atoms with Crippen LogP contribution in [0.5, 0.6) is 11.5 Å². The molecule has 4 rings (SSSR count). The number of ketones is 1. The molecule has 0 saturated carbocycles. The number of aromatic nitrogens is 1. The lowest BCUT2D eigenvalue weighted by atomic mass is 9.89. The van der Waals surface area contributed by atoms with E-state index in [1.807, 2.05) is 60.6 Å². The Hall–Kier alpha value is -2.30. The van der Waals surface area contributed by atoms with Crippen LogP contribution < -0.4 is 14.2 Å². The molecule has 1 aromatic carbocycles. The number of carbonyl (C=O) groups excluding carboxylic acids is 1. The predicted molar refractivity (Wildman–Crippen MR) is 167 cm³/mol. The third-order valence-electron chi connectivity index (χ3n) is 7.36. The number of aliphatic hydroxyl groups is 1. The highest BCUT2D eigenvalue weighted by Crippen LogP contribution is 2.44. The zero-order valence-electron chi connectivity index (χ0n) is 25.9. The molecule has 1 aromatic heterocycles. The highest BCUT2D eigenvalue weighted by molar-refractivity contribution is 7.84. The summed E-state index contributed by atoms with van der Waals surface area (Å²) >= 11 is 6.49. The van der Waals surface area contributed by atoms with E-state index in [0.29, 0.717) is 41.5 Å². The van der Waals surface area contributed by atoms with Gasteiger partial charge in [-0.1, -0.05) is 23.8 Å². The third kappa shape index (κ3) is 7.42. The van der Waals surface area contributed by atoms with Gasteiger partial charge in [0.1, 0.15) is 24.6 Å². The lowest BCUT2D eigenvalue weighted by Crippen LogP contribution is -2.47. The van der Waals surface area contributed by atoms with Crippen molar-refractivity contribution >= 4 is 34.4 Å².